The molecule has 1 atom stereocenters. The first-order valence-corrected chi connectivity index (χ1v) is 6.29. The highest BCUT2D eigenvalue weighted by molar-refractivity contribution is 4.83. The first-order chi connectivity index (χ1) is 7.15. The van der Waals surface area contributed by atoms with E-state index >= 15 is 0 Å². The Kier molecular flexibility index (Phi) is 5.58. The Morgan fingerprint density at radius 3 is 2.40 bits per heavy atom. The van der Waals surface area contributed by atoms with Gasteiger partial charge in [-0.1, -0.05) is 20.8 Å². The Balaban J connectivity index is 2.05. The molecule has 3 nitrogen and oxygen atoms in total. The van der Waals surface area contributed by atoms with Crippen molar-refractivity contribution in [1.82, 2.24) is 10.2 Å². The molecule has 0 aliphatic heterocycles. The summed E-state index contributed by atoms with van der Waals surface area (Å²) >= 11 is 0. The van der Waals surface area contributed by atoms with Crippen molar-refractivity contribution in [2.45, 2.75) is 45.8 Å². The summed E-state index contributed by atoms with van der Waals surface area (Å²) in [5.41, 5.74) is 0. The van der Waals surface area contributed by atoms with Crippen molar-refractivity contribution in [1.29, 1.82) is 0 Å². The van der Waals surface area contributed by atoms with Gasteiger partial charge in [0.25, 0.3) is 0 Å². The normalized spacial score (nSPS) is 27.8. The third-order valence-electron chi connectivity index (χ3n) is 3.38. The van der Waals surface area contributed by atoms with Crippen LogP contribution in [0.1, 0.15) is 33.6 Å². The van der Waals surface area contributed by atoms with E-state index in [-0.39, 0.29) is 6.10 Å². The second kappa shape index (κ2) is 6.46. The van der Waals surface area contributed by atoms with Crippen LogP contribution in [-0.2, 0) is 0 Å². The molecule has 0 aromatic rings. The fraction of sp³-hybridized carbons (Fsp3) is 1.00. The zero-order valence-electron chi connectivity index (χ0n) is 10.4. The van der Waals surface area contributed by atoms with E-state index in [9.17, 15) is 5.11 Å². The van der Waals surface area contributed by atoms with Crippen LogP contribution in [0.3, 0.4) is 0 Å². The number of nitrogens with zero attached hydrogens (tertiary/aromatic N) is 1. The molecule has 15 heavy (non-hydrogen) atoms. The first-order valence-electron chi connectivity index (χ1n) is 6.29. The minimum atomic E-state index is -0.221. The van der Waals surface area contributed by atoms with E-state index in [1.54, 1.807) is 0 Å². The van der Waals surface area contributed by atoms with E-state index in [2.05, 4.69) is 31.0 Å². The molecular weight excluding hydrogens is 188 g/mol. The maximum atomic E-state index is 9.81. The number of aliphatic hydroxyl groups is 1. The fourth-order valence-electron chi connectivity index (χ4n) is 2.22. The lowest BCUT2D eigenvalue weighted by atomic mass is 9.82. The van der Waals surface area contributed by atoms with E-state index < -0.39 is 0 Å². The number of hydrogen-bond donors (Lipinski definition) is 2. The molecule has 1 fully saturated rings. The highest BCUT2D eigenvalue weighted by atomic mass is 16.3. The molecule has 0 bridgehead atoms. The topological polar surface area (TPSA) is 35.5 Å². The van der Waals surface area contributed by atoms with Gasteiger partial charge in [0.05, 0.1) is 6.10 Å². The Bertz CT molecular complexity index is 165. The Morgan fingerprint density at radius 2 is 1.93 bits per heavy atom. The molecule has 0 radical (unpaired) electrons. The highest BCUT2D eigenvalue weighted by Crippen LogP contribution is 2.25. The monoisotopic (exact) mass is 214 g/mol. The van der Waals surface area contributed by atoms with Crippen molar-refractivity contribution < 1.29 is 5.11 Å². The number of rotatable bonds is 7. The molecule has 0 amide bonds. The predicted molar refractivity (Wildman–Crippen MR) is 64.0 cm³/mol. The summed E-state index contributed by atoms with van der Waals surface area (Å²) in [5, 5.41) is 13.2. The van der Waals surface area contributed by atoms with Gasteiger partial charge in [0.15, 0.2) is 0 Å². The Morgan fingerprint density at radius 1 is 1.33 bits per heavy atom. The fourth-order valence-corrected chi connectivity index (χ4v) is 2.22. The highest BCUT2D eigenvalue weighted by Gasteiger charge is 2.25. The lowest BCUT2D eigenvalue weighted by Gasteiger charge is -2.34. The van der Waals surface area contributed by atoms with Crippen molar-refractivity contribution in [3.63, 3.8) is 0 Å². The summed E-state index contributed by atoms with van der Waals surface area (Å²) in [4.78, 5) is 2.26. The summed E-state index contributed by atoms with van der Waals surface area (Å²) in [5.74, 6) is 0.877. The SMILES string of the molecule is CCN(CC)CC(O)CNC1CC(C)C1. The number of aliphatic hydroxyl groups excluding tert-OH is 1. The standard InChI is InChI=1S/C12H26N2O/c1-4-14(5-2)9-12(15)8-13-11-6-10(3)7-11/h10-13,15H,4-9H2,1-3H3. The zero-order chi connectivity index (χ0) is 11.3. The summed E-state index contributed by atoms with van der Waals surface area (Å²) in [6, 6.07) is 0.659. The molecule has 90 valence electrons. The van der Waals surface area contributed by atoms with Crippen LogP contribution >= 0.6 is 0 Å². The molecule has 3 heteroatoms. The molecule has 1 unspecified atom stereocenters. The lowest BCUT2D eigenvalue weighted by Crippen LogP contribution is -2.46. The molecule has 0 aromatic heterocycles. The number of likely N-dealkylation sites (N-methyl/N-ethyl adjacent to an activating group) is 1. The Hall–Kier alpha value is -0.120. The van der Waals surface area contributed by atoms with Gasteiger partial charge in [0, 0.05) is 19.1 Å². The van der Waals surface area contributed by atoms with Crippen LogP contribution in [0.25, 0.3) is 0 Å². The van der Waals surface area contributed by atoms with Crippen LogP contribution in [0, 0.1) is 5.92 Å². The van der Waals surface area contributed by atoms with Crippen molar-refractivity contribution in [2.75, 3.05) is 26.2 Å². The van der Waals surface area contributed by atoms with Crippen LogP contribution < -0.4 is 5.32 Å². The van der Waals surface area contributed by atoms with E-state index in [1.807, 2.05) is 0 Å². The molecule has 0 heterocycles. The van der Waals surface area contributed by atoms with E-state index in [1.165, 1.54) is 12.8 Å². The van der Waals surface area contributed by atoms with Crippen molar-refractivity contribution in [3.8, 4) is 0 Å². The van der Waals surface area contributed by atoms with Crippen molar-refractivity contribution >= 4 is 0 Å². The number of hydrogen-bond acceptors (Lipinski definition) is 3. The van der Waals surface area contributed by atoms with Crippen molar-refractivity contribution in [3.05, 3.63) is 0 Å². The molecule has 0 aromatic carbocycles. The second-order valence-electron chi connectivity index (χ2n) is 4.82. The van der Waals surface area contributed by atoms with Crippen molar-refractivity contribution in [2.24, 2.45) is 5.92 Å². The third kappa shape index (κ3) is 4.49. The van der Waals surface area contributed by atoms with E-state index in [4.69, 9.17) is 0 Å². The van der Waals surface area contributed by atoms with Gasteiger partial charge in [-0.25, -0.2) is 0 Å². The van der Waals surface area contributed by atoms with Crippen LogP contribution in [-0.4, -0.2) is 48.3 Å². The van der Waals surface area contributed by atoms with Crippen LogP contribution in [0.15, 0.2) is 0 Å². The van der Waals surface area contributed by atoms with Crippen LogP contribution in [0.2, 0.25) is 0 Å². The minimum absolute atomic E-state index is 0.221. The van der Waals surface area contributed by atoms with Gasteiger partial charge < -0.3 is 15.3 Å². The molecule has 1 aliphatic carbocycles. The molecule has 1 aliphatic rings. The quantitative estimate of drug-likeness (QED) is 0.665. The molecule has 1 rings (SSSR count). The van der Waals surface area contributed by atoms with Gasteiger partial charge in [-0.15, -0.1) is 0 Å². The van der Waals surface area contributed by atoms with Gasteiger partial charge in [0.2, 0.25) is 0 Å². The first kappa shape index (κ1) is 12.9. The van der Waals surface area contributed by atoms with Gasteiger partial charge in [-0.2, -0.15) is 0 Å². The van der Waals surface area contributed by atoms with Gasteiger partial charge in [0.1, 0.15) is 0 Å². The predicted octanol–water partition coefficient (Wildman–Crippen LogP) is 1.08. The van der Waals surface area contributed by atoms with Gasteiger partial charge in [-0.05, 0) is 31.8 Å². The average Bonchev–Trinajstić information content (AvgIpc) is 2.19. The molecule has 2 N–H and O–H groups in total. The van der Waals surface area contributed by atoms with E-state index in [0.717, 1.165) is 32.1 Å². The average molecular weight is 214 g/mol. The number of nitrogens with one attached hydrogen (secondary N) is 1. The van der Waals surface area contributed by atoms with Gasteiger partial charge >= 0.3 is 0 Å². The molecular formula is C12H26N2O. The maximum Gasteiger partial charge on any atom is 0.0791 e. The largest absolute Gasteiger partial charge is 0.390 e. The summed E-state index contributed by atoms with van der Waals surface area (Å²) in [6.07, 6.45) is 2.33. The van der Waals surface area contributed by atoms with Crippen LogP contribution in [0.4, 0.5) is 0 Å². The summed E-state index contributed by atoms with van der Waals surface area (Å²) < 4.78 is 0. The maximum absolute atomic E-state index is 9.81. The summed E-state index contributed by atoms with van der Waals surface area (Å²) in [6.45, 7) is 10.1. The zero-order valence-corrected chi connectivity index (χ0v) is 10.4. The summed E-state index contributed by atoms with van der Waals surface area (Å²) in [7, 11) is 0. The second-order valence-corrected chi connectivity index (χ2v) is 4.82. The molecule has 1 saturated carbocycles. The third-order valence-corrected chi connectivity index (χ3v) is 3.38. The van der Waals surface area contributed by atoms with Gasteiger partial charge in [-0.3, -0.25) is 0 Å². The minimum Gasteiger partial charge on any atom is -0.390 e. The van der Waals surface area contributed by atoms with Crippen LogP contribution in [0.5, 0.6) is 0 Å². The lowest BCUT2D eigenvalue weighted by molar-refractivity contribution is 0.105. The molecule has 0 saturated heterocycles. The Labute approximate surface area is 93.9 Å². The molecule has 0 spiro atoms. The van der Waals surface area contributed by atoms with E-state index in [0.29, 0.717) is 6.04 Å². The smallest absolute Gasteiger partial charge is 0.0791 e.